The van der Waals surface area contributed by atoms with E-state index in [2.05, 4.69) is 63.3 Å². The van der Waals surface area contributed by atoms with Gasteiger partial charge < -0.3 is 5.32 Å². The number of rotatable bonds is 3. The van der Waals surface area contributed by atoms with Gasteiger partial charge in [0.25, 0.3) is 0 Å². The Morgan fingerprint density at radius 1 is 1.32 bits per heavy atom. The summed E-state index contributed by atoms with van der Waals surface area (Å²) in [5.74, 6) is 1.09. The van der Waals surface area contributed by atoms with Gasteiger partial charge in [0, 0.05) is 11.8 Å². The summed E-state index contributed by atoms with van der Waals surface area (Å²) in [5.41, 5.74) is 1.64. The van der Waals surface area contributed by atoms with E-state index < -0.39 is 0 Å². The van der Waals surface area contributed by atoms with Crippen molar-refractivity contribution >= 4 is 16.9 Å². The maximum atomic E-state index is 4.81. The molecular weight excluding hydrogens is 252 g/mol. The van der Waals surface area contributed by atoms with Gasteiger partial charge in [0.05, 0.1) is 6.04 Å². The summed E-state index contributed by atoms with van der Waals surface area (Å²) in [6, 6.07) is 11.5. The molecule has 19 heavy (non-hydrogen) atoms. The summed E-state index contributed by atoms with van der Waals surface area (Å²) < 4.78 is 0. The van der Waals surface area contributed by atoms with Crippen molar-refractivity contribution in [3.63, 3.8) is 0 Å². The van der Waals surface area contributed by atoms with Crippen LogP contribution >= 0.6 is 11.8 Å². The van der Waals surface area contributed by atoms with Crippen LogP contribution in [-0.2, 0) is 6.42 Å². The standard InChI is InChI=1S/C16H24N2S/c1-12(16(2,3)4)17-15-18-14(11-19-15)10-13-8-6-5-7-9-13/h5-9,12,14H,10-11H2,1-4H3,(H,17,18). The molecule has 2 atom stereocenters. The highest BCUT2D eigenvalue weighted by Gasteiger charge is 2.24. The highest BCUT2D eigenvalue weighted by atomic mass is 32.2. The Hall–Kier alpha value is -0.960. The minimum atomic E-state index is 0.264. The van der Waals surface area contributed by atoms with Gasteiger partial charge in [-0.2, -0.15) is 0 Å². The van der Waals surface area contributed by atoms with Crippen LogP contribution in [0.25, 0.3) is 0 Å². The molecule has 1 aromatic rings. The monoisotopic (exact) mass is 276 g/mol. The van der Waals surface area contributed by atoms with Crippen molar-refractivity contribution in [3.8, 4) is 0 Å². The SMILES string of the molecule is CC(NC1=NC(Cc2ccccc2)CS1)C(C)(C)C. The molecule has 0 saturated carbocycles. The quantitative estimate of drug-likeness (QED) is 0.910. The zero-order valence-corrected chi connectivity index (χ0v) is 13.1. The Bertz CT molecular complexity index is 434. The lowest BCUT2D eigenvalue weighted by Gasteiger charge is -2.28. The molecule has 2 rings (SSSR count). The fourth-order valence-corrected chi connectivity index (χ4v) is 2.91. The van der Waals surface area contributed by atoms with Gasteiger partial charge in [0.2, 0.25) is 0 Å². The number of hydrogen-bond acceptors (Lipinski definition) is 3. The molecule has 0 aliphatic carbocycles. The average Bonchev–Trinajstić information content (AvgIpc) is 2.76. The van der Waals surface area contributed by atoms with Crippen LogP contribution in [0, 0.1) is 5.41 Å². The summed E-state index contributed by atoms with van der Waals surface area (Å²) in [4.78, 5) is 4.81. The Labute approximate surface area is 121 Å². The van der Waals surface area contributed by atoms with E-state index in [9.17, 15) is 0 Å². The minimum absolute atomic E-state index is 0.264. The van der Waals surface area contributed by atoms with Crippen molar-refractivity contribution in [2.45, 2.75) is 46.2 Å². The predicted octanol–water partition coefficient (Wildman–Crippen LogP) is 3.72. The van der Waals surface area contributed by atoms with Crippen molar-refractivity contribution in [1.29, 1.82) is 0 Å². The van der Waals surface area contributed by atoms with Crippen LogP contribution in [-0.4, -0.2) is 23.0 Å². The number of hydrogen-bond donors (Lipinski definition) is 1. The van der Waals surface area contributed by atoms with Crippen LogP contribution in [0.15, 0.2) is 35.3 Å². The molecule has 0 aromatic heterocycles. The molecule has 0 fully saturated rings. The number of thioether (sulfide) groups is 1. The van der Waals surface area contributed by atoms with Crippen molar-refractivity contribution in [1.82, 2.24) is 5.32 Å². The molecule has 0 bridgehead atoms. The molecule has 0 spiro atoms. The van der Waals surface area contributed by atoms with E-state index in [0.29, 0.717) is 12.1 Å². The van der Waals surface area contributed by atoms with Gasteiger partial charge in [-0.3, -0.25) is 4.99 Å². The molecule has 1 aromatic carbocycles. The van der Waals surface area contributed by atoms with Crippen LogP contribution in [0.1, 0.15) is 33.3 Å². The van der Waals surface area contributed by atoms with Crippen molar-refractivity contribution in [2.24, 2.45) is 10.4 Å². The zero-order valence-electron chi connectivity index (χ0n) is 12.3. The molecule has 1 aliphatic rings. The second-order valence-corrected chi connectivity index (χ2v) is 7.33. The van der Waals surface area contributed by atoms with Gasteiger partial charge in [0.1, 0.15) is 0 Å². The lowest BCUT2D eigenvalue weighted by molar-refractivity contribution is 0.317. The van der Waals surface area contributed by atoms with E-state index in [1.54, 1.807) is 0 Å². The lowest BCUT2D eigenvalue weighted by Crippen LogP contribution is -2.39. The largest absolute Gasteiger partial charge is 0.362 e. The van der Waals surface area contributed by atoms with E-state index in [4.69, 9.17) is 4.99 Å². The van der Waals surface area contributed by atoms with Crippen molar-refractivity contribution in [3.05, 3.63) is 35.9 Å². The van der Waals surface area contributed by atoms with Gasteiger partial charge >= 0.3 is 0 Å². The number of benzene rings is 1. The lowest BCUT2D eigenvalue weighted by atomic mass is 9.88. The first-order valence-corrected chi connectivity index (χ1v) is 7.95. The van der Waals surface area contributed by atoms with Crippen molar-refractivity contribution in [2.75, 3.05) is 5.75 Å². The first-order chi connectivity index (χ1) is 8.95. The van der Waals surface area contributed by atoms with Crippen LogP contribution in [0.4, 0.5) is 0 Å². The van der Waals surface area contributed by atoms with Gasteiger partial charge in [-0.15, -0.1) is 0 Å². The highest BCUT2D eigenvalue weighted by Crippen LogP contribution is 2.24. The third kappa shape index (κ3) is 4.27. The summed E-state index contributed by atoms with van der Waals surface area (Å²) >= 11 is 1.85. The van der Waals surface area contributed by atoms with Gasteiger partial charge in [-0.25, -0.2) is 0 Å². The Balaban J connectivity index is 1.90. The third-order valence-electron chi connectivity index (χ3n) is 3.67. The van der Waals surface area contributed by atoms with E-state index in [0.717, 1.165) is 17.3 Å². The Morgan fingerprint density at radius 2 is 2.00 bits per heavy atom. The molecule has 1 aliphatic heterocycles. The molecular formula is C16H24N2S. The Kier molecular flexibility index (Phi) is 4.56. The van der Waals surface area contributed by atoms with Crippen LogP contribution < -0.4 is 5.32 Å². The van der Waals surface area contributed by atoms with Crippen molar-refractivity contribution < 1.29 is 0 Å². The molecule has 1 N–H and O–H groups in total. The van der Waals surface area contributed by atoms with Gasteiger partial charge in [-0.05, 0) is 24.3 Å². The van der Waals surface area contributed by atoms with Crippen LogP contribution in [0.2, 0.25) is 0 Å². The second kappa shape index (κ2) is 6.00. The predicted molar refractivity (Wildman–Crippen MR) is 85.9 cm³/mol. The molecule has 1 heterocycles. The smallest absolute Gasteiger partial charge is 0.157 e. The number of amidine groups is 1. The number of nitrogens with one attached hydrogen (secondary N) is 1. The summed E-state index contributed by atoms with van der Waals surface area (Å²) in [6.45, 7) is 9.00. The summed E-state index contributed by atoms with van der Waals surface area (Å²) in [7, 11) is 0. The fourth-order valence-electron chi connectivity index (χ4n) is 1.89. The van der Waals surface area contributed by atoms with E-state index >= 15 is 0 Å². The van der Waals surface area contributed by atoms with Crippen LogP contribution in [0.3, 0.4) is 0 Å². The normalized spacial score (nSPS) is 21.1. The molecule has 2 nitrogen and oxygen atoms in total. The average molecular weight is 276 g/mol. The molecule has 0 amide bonds. The van der Waals surface area contributed by atoms with Gasteiger partial charge in [0.15, 0.2) is 5.17 Å². The second-order valence-electron chi connectivity index (χ2n) is 6.32. The molecule has 0 saturated heterocycles. The molecule has 104 valence electrons. The minimum Gasteiger partial charge on any atom is -0.362 e. The highest BCUT2D eigenvalue weighted by molar-refractivity contribution is 8.14. The number of nitrogens with zero attached hydrogens (tertiary/aromatic N) is 1. The Morgan fingerprint density at radius 3 is 2.63 bits per heavy atom. The first-order valence-electron chi connectivity index (χ1n) is 6.96. The summed E-state index contributed by atoms with van der Waals surface area (Å²) in [5, 5.41) is 4.66. The van der Waals surface area contributed by atoms with Crippen LogP contribution in [0.5, 0.6) is 0 Å². The first kappa shape index (κ1) is 14.4. The summed E-state index contributed by atoms with van der Waals surface area (Å²) in [6.07, 6.45) is 1.04. The topological polar surface area (TPSA) is 24.4 Å². The molecule has 2 unspecified atom stereocenters. The van der Waals surface area contributed by atoms with E-state index in [-0.39, 0.29) is 5.41 Å². The van der Waals surface area contributed by atoms with E-state index in [1.165, 1.54) is 5.56 Å². The third-order valence-corrected chi connectivity index (χ3v) is 4.71. The molecule has 0 radical (unpaired) electrons. The van der Waals surface area contributed by atoms with Gasteiger partial charge in [-0.1, -0.05) is 62.9 Å². The van der Waals surface area contributed by atoms with E-state index in [1.807, 2.05) is 11.8 Å². The fraction of sp³-hybridized carbons (Fsp3) is 0.562. The molecule has 3 heteroatoms. The maximum Gasteiger partial charge on any atom is 0.157 e. The maximum absolute atomic E-state index is 4.81. The number of aliphatic imine (C=N–C) groups is 1. The zero-order chi connectivity index (χ0) is 13.9.